The molecular weight excluding hydrogens is 326 g/mol. The van der Waals surface area contributed by atoms with Crippen molar-refractivity contribution < 1.29 is 9.47 Å². The normalized spacial score (nSPS) is 14.5. The van der Waals surface area contributed by atoms with Crippen LogP contribution in [0.3, 0.4) is 0 Å². The zero-order chi connectivity index (χ0) is 17.6. The quantitative estimate of drug-likeness (QED) is 0.594. The fraction of sp³-hybridized carbons (Fsp3) is 0.0455. The molecule has 4 aromatic rings. The summed E-state index contributed by atoms with van der Waals surface area (Å²) in [4.78, 5) is 15.5. The Kier molecular flexibility index (Phi) is 3.12. The van der Waals surface area contributed by atoms with Crippen LogP contribution in [0.2, 0.25) is 0 Å². The first-order valence-electron chi connectivity index (χ1n) is 8.42. The van der Waals surface area contributed by atoms with Gasteiger partial charge in [0.2, 0.25) is 5.75 Å². The molecule has 3 aromatic carbocycles. The summed E-state index contributed by atoms with van der Waals surface area (Å²) in [5, 5.41) is 0.816. The second-order valence-corrected chi connectivity index (χ2v) is 6.21. The number of H-pyrrole nitrogens is 1. The van der Waals surface area contributed by atoms with Crippen molar-refractivity contribution in [1.82, 2.24) is 4.98 Å². The van der Waals surface area contributed by atoms with Crippen molar-refractivity contribution >= 4 is 10.9 Å². The Morgan fingerprint density at radius 2 is 1.19 bits per heavy atom. The van der Waals surface area contributed by atoms with Gasteiger partial charge in [-0.15, -0.1) is 0 Å². The zero-order valence-corrected chi connectivity index (χ0v) is 13.8. The summed E-state index contributed by atoms with van der Waals surface area (Å²) in [6, 6.07) is 26.9. The van der Waals surface area contributed by atoms with Crippen LogP contribution >= 0.6 is 0 Å². The van der Waals surface area contributed by atoms with E-state index < -0.39 is 5.79 Å². The third-order valence-corrected chi connectivity index (χ3v) is 4.63. The monoisotopic (exact) mass is 341 g/mol. The molecule has 1 aliphatic rings. The summed E-state index contributed by atoms with van der Waals surface area (Å²) < 4.78 is 12.7. The second-order valence-electron chi connectivity index (χ2n) is 6.21. The van der Waals surface area contributed by atoms with Gasteiger partial charge >= 0.3 is 5.79 Å². The Hall–Kier alpha value is -3.53. The SMILES string of the molecule is O=c1[nH]c2ccccc2c2c1OC(c1ccccc1)(c1ccccc1)O2. The lowest BCUT2D eigenvalue weighted by Crippen LogP contribution is -2.37. The van der Waals surface area contributed by atoms with Crippen molar-refractivity contribution in [1.29, 1.82) is 0 Å². The van der Waals surface area contributed by atoms with Gasteiger partial charge in [-0.05, 0) is 12.1 Å². The number of hydrogen-bond donors (Lipinski definition) is 1. The smallest absolute Gasteiger partial charge is 0.305 e. The van der Waals surface area contributed by atoms with Crippen molar-refractivity contribution in [3.05, 3.63) is 106 Å². The van der Waals surface area contributed by atoms with Gasteiger partial charge in [0.15, 0.2) is 5.75 Å². The van der Waals surface area contributed by atoms with Crippen LogP contribution in [-0.4, -0.2) is 4.98 Å². The molecule has 0 saturated carbocycles. The van der Waals surface area contributed by atoms with Crippen molar-refractivity contribution in [3.8, 4) is 11.5 Å². The van der Waals surface area contributed by atoms with Crippen LogP contribution in [-0.2, 0) is 5.79 Å². The predicted octanol–water partition coefficient (Wildman–Crippen LogP) is 4.20. The maximum atomic E-state index is 12.6. The van der Waals surface area contributed by atoms with E-state index in [1.807, 2.05) is 84.9 Å². The van der Waals surface area contributed by atoms with E-state index in [0.29, 0.717) is 5.75 Å². The van der Waals surface area contributed by atoms with E-state index in [2.05, 4.69) is 4.98 Å². The summed E-state index contributed by atoms with van der Waals surface area (Å²) in [6.07, 6.45) is 0. The highest BCUT2D eigenvalue weighted by Gasteiger charge is 2.47. The Labute approximate surface area is 149 Å². The number of rotatable bonds is 2. The zero-order valence-electron chi connectivity index (χ0n) is 13.8. The molecule has 26 heavy (non-hydrogen) atoms. The van der Waals surface area contributed by atoms with Crippen LogP contribution in [0.1, 0.15) is 11.1 Å². The largest absolute Gasteiger partial charge is 0.439 e. The van der Waals surface area contributed by atoms with Gasteiger partial charge in [0.1, 0.15) is 0 Å². The molecule has 126 valence electrons. The molecule has 0 spiro atoms. The molecule has 4 nitrogen and oxygen atoms in total. The number of aromatic amines is 1. The standard InChI is InChI=1S/C22H15NO3/c24-21-20-19(17-13-7-8-14-18(17)23-21)25-22(26-20,15-9-3-1-4-10-15)16-11-5-2-6-12-16/h1-14H,(H,23,24). The predicted molar refractivity (Wildman–Crippen MR) is 99.5 cm³/mol. The molecule has 5 rings (SSSR count). The number of ether oxygens (including phenoxy) is 2. The first kappa shape index (κ1) is 14.8. The van der Waals surface area contributed by atoms with E-state index in [0.717, 1.165) is 22.0 Å². The summed E-state index contributed by atoms with van der Waals surface area (Å²) in [5.74, 6) is -0.518. The molecule has 0 unspecified atom stereocenters. The van der Waals surface area contributed by atoms with Crippen LogP contribution in [0.5, 0.6) is 11.5 Å². The van der Waals surface area contributed by atoms with Gasteiger partial charge in [0.05, 0.1) is 5.52 Å². The molecule has 0 fully saturated rings. The second kappa shape index (κ2) is 5.49. The summed E-state index contributed by atoms with van der Waals surface area (Å²) in [5.41, 5.74) is 2.07. The molecule has 0 bridgehead atoms. The first-order valence-corrected chi connectivity index (χ1v) is 8.42. The lowest BCUT2D eigenvalue weighted by molar-refractivity contribution is -0.0458. The van der Waals surface area contributed by atoms with E-state index in [4.69, 9.17) is 9.47 Å². The molecule has 4 heteroatoms. The average Bonchev–Trinajstić information content (AvgIpc) is 3.13. The molecule has 0 aliphatic carbocycles. The third kappa shape index (κ3) is 2.05. The number of para-hydroxylation sites is 1. The van der Waals surface area contributed by atoms with Gasteiger partial charge in [0.25, 0.3) is 5.56 Å². The number of fused-ring (bicyclic) bond motifs is 3. The lowest BCUT2D eigenvalue weighted by Gasteiger charge is -2.28. The molecule has 1 N–H and O–H groups in total. The van der Waals surface area contributed by atoms with Crippen LogP contribution in [0.25, 0.3) is 10.9 Å². The maximum absolute atomic E-state index is 12.6. The third-order valence-electron chi connectivity index (χ3n) is 4.63. The van der Waals surface area contributed by atoms with E-state index in [-0.39, 0.29) is 11.3 Å². The molecular formula is C22H15NO3. The van der Waals surface area contributed by atoms with Gasteiger partial charge in [-0.25, -0.2) is 0 Å². The molecule has 2 heterocycles. The Balaban J connectivity index is 1.80. The highest BCUT2D eigenvalue weighted by Crippen LogP contribution is 2.48. The Morgan fingerprint density at radius 3 is 1.85 bits per heavy atom. The van der Waals surface area contributed by atoms with E-state index in [9.17, 15) is 4.79 Å². The van der Waals surface area contributed by atoms with Gasteiger partial charge in [-0.3, -0.25) is 4.79 Å². The van der Waals surface area contributed by atoms with Crippen LogP contribution in [0, 0.1) is 0 Å². The van der Waals surface area contributed by atoms with Crippen molar-refractivity contribution in [2.24, 2.45) is 0 Å². The number of nitrogens with one attached hydrogen (secondary N) is 1. The first-order chi connectivity index (χ1) is 12.8. The molecule has 1 aliphatic heterocycles. The highest BCUT2D eigenvalue weighted by molar-refractivity contribution is 5.88. The fourth-order valence-electron chi connectivity index (χ4n) is 3.41. The van der Waals surface area contributed by atoms with Gasteiger partial charge in [-0.2, -0.15) is 0 Å². The number of aromatic nitrogens is 1. The Morgan fingerprint density at radius 1 is 0.654 bits per heavy atom. The maximum Gasteiger partial charge on any atom is 0.305 e. The average molecular weight is 341 g/mol. The number of benzene rings is 3. The summed E-state index contributed by atoms with van der Waals surface area (Å²) in [6.45, 7) is 0. The molecule has 0 saturated heterocycles. The van der Waals surface area contributed by atoms with Crippen molar-refractivity contribution in [2.75, 3.05) is 0 Å². The summed E-state index contributed by atoms with van der Waals surface area (Å²) in [7, 11) is 0. The minimum absolute atomic E-state index is 0.205. The highest BCUT2D eigenvalue weighted by atomic mass is 16.7. The molecule has 0 amide bonds. The molecule has 1 aromatic heterocycles. The lowest BCUT2D eigenvalue weighted by atomic mass is 9.97. The van der Waals surface area contributed by atoms with Gasteiger partial charge in [-0.1, -0.05) is 72.8 Å². The van der Waals surface area contributed by atoms with Crippen LogP contribution < -0.4 is 15.0 Å². The number of pyridine rings is 1. The van der Waals surface area contributed by atoms with E-state index in [1.54, 1.807) is 0 Å². The molecule has 0 radical (unpaired) electrons. The Bertz CT molecular complexity index is 1110. The van der Waals surface area contributed by atoms with E-state index >= 15 is 0 Å². The molecule has 0 atom stereocenters. The van der Waals surface area contributed by atoms with Crippen molar-refractivity contribution in [2.45, 2.75) is 5.79 Å². The minimum atomic E-state index is -1.19. The topological polar surface area (TPSA) is 51.3 Å². The minimum Gasteiger partial charge on any atom is -0.439 e. The van der Waals surface area contributed by atoms with Crippen LogP contribution in [0.15, 0.2) is 89.7 Å². The fourth-order valence-corrected chi connectivity index (χ4v) is 3.41. The van der Waals surface area contributed by atoms with E-state index in [1.165, 1.54) is 0 Å². The summed E-state index contributed by atoms with van der Waals surface area (Å²) >= 11 is 0. The van der Waals surface area contributed by atoms with Gasteiger partial charge in [0, 0.05) is 16.5 Å². The van der Waals surface area contributed by atoms with Gasteiger partial charge < -0.3 is 14.5 Å². The van der Waals surface area contributed by atoms with Crippen LogP contribution in [0.4, 0.5) is 0 Å². The number of hydrogen-bond acceptors (Lipinski definition) is 3. The van der Waals surface area contributed by atoms with Crippen molar-refractivity contribution in [3.63, 3.8) is 0 Å².